The van der Waals surface area contributed by atoms with Crippen LogP contribution in [0.2, 0.25) is 19.6 Å². The summed E-state index contributed by atoms with van der Waals surface area (Å²) in [6.07, 6.45) is 0. The number of halogens is 1. The first-order chi connectivity index (χ1) is 15.9. The second-order valence-corrected chi connectivity index (χ2v) is 16.0. The van der Waals surface area contributed by atoms with Crippen molar-refractivity contribution in [3.8, 4) is 22.3 Å². The summed E-state index contributed by atoms with van der Waals surface area (Å²) in [5, 5.41) is 9.50. The van der Waals surface area contributed by atoms with Gasteiger partial charge in [-0.3, -0.25) is 0 Å². The molecule has 0 aromatic heterocycles. The second kappa shape index (κ2) is 7.55. The van der Waals surface area contributed by atoms with E-state index in [0.717, 1.165) is 4.47 Å². The van der Waals surface area contributed by atoms with Crippen molar-refractivity contribution in [3.05, 3.63) is 102 Å². The third-order valence-electron chi connectivity index (χ3n) is 6.88. The molecule has 0 atom stereocenters. The van der Waals surface area contributed by atoms with Crippen LogP contribution in [-0.2, 0) is 0 Å². The lowest BCUT2D eigenvalue weighted by molar-refractivity contribution is 1.62. The summed E-state index contributed by atoms with van der Waals surface area (Å²) in [6.45, 7) is 7.21. The van der Waals surface area contributed by atoms with Crippen LogP contribution < -0.4 is 5.19 Å². The minimum Gasteiger partial charge on any atom is -0.0656 e. The molecule has 6 aromatic rings. The van der Waals surface area contributed by atoms with Crippen LogP contribution >= 0.6 is 15.9 Å². The van der Waals surface area contributed by atoms with E-state index in [4.69, 9.17) is 0 Å². The Morgan fingerprint density at radius 1 is 0.485 bits per heavy atom. The largest absolute Gasteiger partial charge is 0.0775 e. The van der Waals surface area contributed by atoms with Gasteiger partial charge < -0.3 is 0 Å². The van der Waals surface area contributed by atoms with E-state index in [0.29, 0.717) is 0 Å². The van der Waals surface area contributed by atoms with Crippen molar-refractivity contribution < 1.29 is 0 Å². The fraction of sp³-hybridized carbons (Fsp3) is 0.0968. The predicted molar refractivity (Wildman–Crippen MR) is 152 cm³/mol. The monoisotopic (exact) mass is 504 g/mol. The van der Waals surface area contributed by atoms with Crippen LogP contribution in [0.1, 0.15) is 0 Å². The topological polar surface area (TPSA) is 0 Å². The fourth-order valence-electron chi connectivity index (χ4n) is 5.08. The Morgan fingerprint density at radius 2 is 0.909 bits per heavy atom. The highest BCUT2D eigenvalue weighted by Crippen LogP contribution is 2.42. The van der Waals surface area contributed by atoms with Gasteiger partial charge in [-0.15, -0.1) is 0 Å². The fourth-order valence-corrected chi connectivity index (χ4v) is 6.51. The summed E-state index contributed by atoms with van der Waals surface area (Å²) in [6, 6.07) is 36.2. The Balaban J connectivity index is 1.62. The summed E-state index contributed by atoms with van der Waals surface area (Å²) in [5.74, 6) is 0. The predicted octanol–water partition coefficient (Wildman–Crippen LogP) is 9.23. The van der Waals surface area contributed by atoms with Gasteiger partial charge in [-0.25, -0.2) is 0 Å². The lowest BCUT2D eigenvalue weighted by Gasteiger charge is -2.18. The molecular weight excluding hydrogens is 480 g/mol. The molecular formula is C31H25BrSi. The Bertz CT molecular complexity index is 1620. The zero-order valence-corrected chi connectivity index (χ0v) is 21.7. The molecule has 0 aliphatic carbocycles. The molecule has 2 heteroatoms. The van der Waals surface area contributed by atoms with E-state index >= 15 is 0 Å². The minimum atomic E-state index is -1.31. The van der Waals surface area contributed by atoms with Crippen LogP contribution in [0.25, 0.3) is 54.6 Å². The van der Waals surface area contributed by atoms with Gasteiger partial charge in [-0.1, -0.05) is 126 Å². The maximum absolute atomic E-state index is 3.57. The van der Waals surface area contributed by atoms with Crippen molar-refractivity contribution in [2.45, 2.75) is 19.6 Å². The van der Waals surface area contributed by atoms with Gasteiger partial charge in [0.1, 0.15) is 0 Å². The van der Waals surface area contributed by atoms with Crippen LogP contribution in [-0.4, -0.2) is 8.07 Å². The maximum Gasteiger partial charge on any atom is 0.0775 e. The van der Waals surface area contributed by atoms with Crippen molar-refractivity contribution in [3.63, 3.8) is 0 Å². The molecule has 0 spiro atoms. The third-order valence-corrected chi connectivity index (χ3v) is 9.48. The van der Waals surface area contributed by atoms with Crippen molar-refractivity contribution in [1.82, 2.24) is 0 Å². The molecule has 0 heterocycles. The van der Waals surface area contributed by atoms with Crippen LogP contribution in [0.3, 0.4) is 0 Å². The van der Waals surface area contributed by atoms with Gasteiger partial charge in [0.2, 0.25) is 0 Å². The zero-order chi connectivity index (χ0) is 22.7. The SMILES string of the molecule is C[Si](C)(C)c1ccc(-c2ccc3ccc4c(-c5ccc(Br)cc5)ccc5ccc2c3c54)cc1. The van der Waals surface area contributed by atoms with Gasteiger partial charge in [0.15, 0.2) is 0 Å². The number of benzene rings is 6. The molecule has 0 saturated heterocycles. The number of rotatable bonds is 3. The van der Waals surface area contributed by atoms with Gasteiger partial charge in [-0.05, 0) is 66.7 Å². The van der Waals surface area contributed by atoms with Crippen LogP contribution in [0, 0.1) is 0 Å². The third kappa shape index (κ3) is 3.40. The first-order valence-electron chi connectivity index (χ1n) is 11.5. The summed E-state index contributed by atoms with van der Waals surface area (Å²) >= 11 is 3.57. The highest BCUT2D eigenvalue weighted by Gasteiger charge is 2.17. The Kier molecular flexibility index (Phi) is 4.72. The van der Waals surface area contributed by atoms with E-state index < -0.39 is 8.07 Å². The highest BCUT2D eigenvalue weighted by atomic mass is 79.9. The molecule has 0 aliphatic heterocycles. The average Bonchev–Trinajstić information content (AvgIpc) is 2.82. The van der Waals surface area contributed by atoms with Gasteiger partial charge in [0, 0.05) is 4.47 Å². The molecule has 0 radical (unpaired) electrons. The van der Waals surface area contributed by atoms with E-state index in [1.54, 1.807) is 0 Å². The van der Waals surface area contributed by atoms with E-state index in [1.807, 2.05) is 0 Å². The summed E-state index contributed by atoms with van der Waals surface area (Å²) in [7, 11) is -1.31. The minimum absolute atomic E-state index is 1.11. The summed E-state index contributed by atoms with van der Waals surface area (Å²) in [4.78, 5) is 0. The number of hydrogen-bond acceptors (Lipinski definition) is 0. The molecule has 0 amide bonds. The van der Waals surface area contributed by atoms with Gasteiger partial charge in [0.25, 0.3) is 0 Å². The molecule has 0 fully saturated rings. The Labute approximate surface area is 204 Å². The molecule has 0 nitrogen and oxygen atoms in total. The quantitative estimate of drug-likeness (QED) is 0.166. The van der Waals surface area contributed by atoms with E-state index in [1.165, 1.54) is 59.8 Å². The van der Waals surface area contributed by atoms with Crippen LogP contribution in [0.15, 0.2) is 102 Å². The molecule has 0 aliphatic rings. The molecule has 0 unspecified atom stereocenters. The lowest BCUT2D eigenvalue weighted by atomic mass is 9.87. The molecule has 6 aromatic carbocycles. The molecule has 160 valence electrons. The molecule has 33 heavy (non-hydrogen) atoms. The molecule has 0 saturated carbocycles. The van der Waals surface area contributed by atoms with Crippen molar-refractivity contribution in [2.24, 2.45) is 0 Å². The van der Waals surface area contributed by atoms with E-state index in [-0.39, 0.29) is 0 Å². The van der Waals surface area contributed by atoms with Crippen molar-refractivity contribution >= 4 is 61.5 Å². The summed E-state index contributed by atoms with van der Waals surface area (Å²) in [5.41, 5.74) is 5.14. The average molecular weight is 506 g/mol. The standard InChI is InChI=1S/C31H25BrSi/c1-33(2,3)25-14-6-21(7-15-25)27-17-9-23-10-18-28-26(20-4-12-24(32)13-5-20)16-8-22-11-19-29(27)31(23)30(22)28/h4-19H,1-3H3. The second-order valence-electron chi connectivity index (χ2n) is 9.98. The van der Waals surface area contributed by atoms with Crippen molar-refractivity contribution in [1.29, 1.82) is 0 Å². The highest BCUT2D eigenvalue weighted by molar-refractivity contribution is 9.10. The molecule has 0 N–H and O–H groups in total. The van der Waals surface area contributed by atoms with Gasteiger partial charge >= 0.3 is 0 Å². The van der Waals surface area contributed by atoms with Crippen molar-refractivity contribution in [2.75, 3.05) is 0 Å². The normalized spacial score (nSPS) is 12.2. The maximum atomic E-state index is 3.57. The number of hydrogen-bond donors (Lipinski definition) is 0. The van der Waals surface area contributed by atoms with Gasteiger partial charge in [-0.2, -0.15) is 0 Å². The van der Waals surface area contributed by atoms with E-state index in [2.05, 4.69) is 133 Å². The Morgan fingerprint density at radius 3 is 1.36 bits per heavy atom. The molecule has 0 bridgehead atoms. The smallest absolute Gasteiger partial charge is 0.0656 e. The van der Waals surface area contributed by atoms with Gasteiger partial charge in [0.05, 0.1) is 8.07 Å². The van der Waals surface area contributed by atoms with Crippen LogP contribution in [0.5, 0.6) is 0 Å². The van der Waals surface area contributed by atoms with E-state index in [9.17, 15) is 0 Å². The molecule has 6 rings (SSSR count). The lowest BCUT2D eigenvalue weighted by Crippen LogP contribution is -2.37. The zero-order valence-electron chi connectivity index (χ0n) is 19.1. The van der Waals surface area contributed by atoms with Crippen LogP contribution in [0.4, 0.5) is 0 Å². The first kappa shape index (κ1) is 20.6. The Hall–Kier alpha value is -2.94. The summed E-state index contributed by atoms with van der Waals surface area (Å²) < 4.78 is 1.11. The first-order valence-corrected chi connectivity index (χ1v) is 15.8.